The summed E-state index contributed by atoms with van der Waals surface area (Å²) in [5.74, 6) is 0. The Hall–Kier alpha value is -0.960. The van der Waals surface area contributed by atoms with E-state index in [1.54, 1.807) is 0 Å². The molecule has 0 heterocycles. The highest BCUT2D eigenvalue weighted by atomic mass is 16.9. The Morgan fingerprint density at radius 3 is 0.875 bits per heavy atom. The first kappa shape index (κ1) is 61.7. The van der Waals surface area contributed by atoms with Crippen LogP contribution in [0.5, 0.6) is 0 Å². The second-order valence-electron chi connectivity index (χ2n) is 0.224. The maximum atomic E-state index is 8.25. The van der Waals surface area contributed by atoms with Crippen LogP contribution in [-0.2, 0) is 0 Å². The van der Waals surface area contributed by atoms with E-state index >= 15 is 0 Å². The lowest BCUT2D eigenvalue weighted by Gasteiger charge is -1.74. The lowest BCUT2D eigenvalue weighted by molar-refractivity contribution is -0.402. The van der Waals surface area contributed by atoms with Crippen LogP contribution >= 0.6 is 0 Å². The van der Waals surface area contributed by atoms with E-state index in [4.69, 9.17) is 15.3 Å². The summed E-state index contributed by atoms with van der Waals surface area (Å²) in [5, 5.41) is 14.8. The van der Waals surface area contributed by atoms with Crippen molar-refractivity contribution in [1.29, 1.82) is 0 Å². The van der Waals surface area contributed by atoms with Gasteiger partial charge in [-0.1, -0.05) is 0 Å². The average molecular weight is 134 g/mol. The van der Waals surface area contributed by atoms with Crippen molar-refractivity contribution < 1.29 is 27.0 Å². The Morgan fingerprint density at radius 2 is 0.875 bits per heavy atom. The molecule has 8 N–H and O–H groups in total. The number of hydrogen-bond acceptors (Lipinski definition) is 3. The van der Waals surface area contributed by atoms with E-state index in [0.717, 1.165) is 0 Å². The molecule has 0 atom stereocenters. The van der Waals surface area contributed by atoms with Gasteiger partial charge in [-0.3, -0.25) is 0 Å². The fraction of sp³-hybridized carbons (Fsp3) is 0. The predicted molar refractivity (Wildman–Crippen MR) is 24.8 cm³/mol. The predicted octanol–water partition coefficient (Wildman–Crippen LogP) is -3.54. The summed E-state index contributed by atoms with van der Waals surface area (Å²) < 4.78 is 0. The third-order valence-corrected chi connectivity index (χ3v) is 0. The molecule has 56 valence electrons. The van der Waals surface area contributed by atoms with Crippen molar-refractivity contribution in [2.75, 3.05) is 0 Å². The maximum absolute atomic E-state index is 8.25. The molecule has 8 heteroatoms. The number of nitrogens with zero attached hydrogens (tertiary/aromatic N) is 1. The summed E-state index contributed by atoms with van der Waals surface area (Å²) >= 11 is 0. The molecule has 8 nitrogen and oxygen atoms in total. The topological polar surface area (TPSA) is 192 Å². The third kappa shape index (κ3) is 89.3. The molecule has 0 saturated heterocycles. The monoisotopic (exact) mass is 134 g/mol. The van der Waals surface area contributed by atoms with Gasteiger partial charge in [-0.05, 0) is 0 Å². The Labute approximate surface area is 43.7 Å². The Balaban J connectivity index is -0.00000000750. The zero-order chi connectivity index (χ0) is 3.58. The van der Waals surface area contributed by atoms with Crippen molar-refractivity contribution in [3.63, 3.8) is 0 Å². The lowest BCUT2D eigenvalue weighted by atomic mass is 13.1. The van der Waals surface area contributed by atoms with Crippen LogP contribution in [0.25, 0.3) is 0 Å². The summed E-state index contributed by atoms with van der Waals surface area (Å²) in [7, 11) is 0. The Bertz CT molecular complexity index is 27.4. The highest BCUT2D eigenvalue weighted by Gasteiger charge is 1.45. The Kier molecular flexibility index (Phi) is 284. The highest BCUT2D eigenvalue weighted by molar-refractivity contribution is 4.03. The molecule has 0 aliphatic heterocycles. The first-order valence-corrected chi connectivity index (χ1v) is 0.548. The van der Waals surface area contributed by atoms with Crippen LogP contribution < -0.4 is 0 Å². The smallest absolute Gasteiger partial charge is 0.0689 e. The van der Waals surface area contributed by atoms with Gasteiger partial charge < -0.3 is 37.2 Å². The molecule has 0 aromatic carbocycles. The van der Waals surface area contributed by atoms with Crippen LogP contribution in [0.4, 0.5) is 0 Å². The number of hydrogen-bond donors (Lipinski definition) is 0. The summed E-state index contributed by atoms with van der Waals surface area (Å²) in [6.07, 6.45) is 0. The first-order chi connectivity index (χ1) is 1.73. The van der Waals surface area contributed by atoms with E-state index in [1.165, 1.54) is 0 Å². The van der Waals surface area contributed by atoms with Crippen molar-refractivity contribution in [2.45, 2.75) is 0 Å². The molecule has 8 heavy (non-hydrogen) atoms. The van der Waals surface area contributed by atoms with Crippen LogP contribution in [0.1, 0.15) is 0 Å². The fourth-order valence-electron chi connectivity index (χ4n) is 0. The van der Waals surface area contributed by atoms with E-state index in [1.807, 2.05) is 0 Å². The summed E-state index contributed by atoms with van der Waals surface area (Å²) in [6.45, 7) is 0. The van der Waals surface area contributed by atoms with Crippen molar-refractivity contribution in [3.05, 3.63) is 15.3 Å². The van der Waals surface area contributed by atoms with Gasteiger partial charge in [0.05, 0.1) is 5.09 Å². The lowest BCUT2D eigenvalue weighted by Crippen LogP contribution is -1.74. The third-order valence-electron chi connectivity index (χ3n) is 0. The zero-order valence-corrected chi connectivity index (χ0v) is 3.67. The molecule has 0 spiro atoms. The van der Waals surface area contributed by atoms with Gasteiger partial charge in [-0.15, -0.1) is 0 Å². The first-order valence-electron chi connectivity index (χ1n) is 0.548. The normalized spacial score (nSPS) is 3.00. The fourth-order valence-corrected chi connectivity index (χ4v) is 0. The van der Waals surface area contributed by atoms with Gasteiger partial charge in [0.25, 0.3) is 0 Å². The van der Waals surface area contributed by atoms with Crippen molar-refractivity contribution in [3.8, 4) is 0 Å². The van der Waals surface area contributed by atoms with Crippen LogP contribution in [-0.4, -0.2) is 27.0 Å². The zero-order valence-electron chi connectivity index (χ0n) is 3.67. The second kappa shape index (κ2) is 36.9. The minimum Gasteiger partial charge on any atom is -0.412 e. The summed E-state index contributed by atoms with van der Waals surface area (Å²) in [6, 6.07) is 0. The van der Waals surface area contributed by atoms with Crippen LogP contribution in [0, 0.1) is 15.3 Å². The van der Waals surface area contributed by atoms with E-state index in [2.05, 4.69) is 0 Å². The van der Waals surface area contributed by atoms with Gasteiger partial charge in [0.15, 0.2) is 0 Å². The highest BCUT2D eigenvalue weighted by Crippen LogP contribution is 1.44. The van der Waals surface area contributed by atoms with Crippen LogP contribution in [0.3, 0.4) is 0 Å². The van der Waals surface area contributed by atoms with E-state index < -0.39 is 5.09 Å². The van der Waals surface area contributed by atoms with Crippen molar-refractivity contribution in [2.24, 2.45) is 0 Å². The molecule has 0 aliphatic rings. The van der Waals surface area contributed by atoms with Crippen molar-refractivity contribution in [1.82, 2.24) is 0 Å². The van der Waals surface area contributed by atoms with Gasteiger partial charge in [-0.25, -0.2) is 0 Å². The van der Waals surface area contributed by atoms with E-state index in [0.29, 0.717) is 0 Å². The molecular weight excluding hydrogens is 126 g/mol. The average Bonchev–Trinajstić information content (AvgIpc) is 0.811. The second-order valence-corrected chi connectivity index (χ2v) is 0.224. The quantitative estimate of drug-likeness (QED) is 0.245. The molecule has 0 amide bonds. The minimum atomic E-state index is -1.75. The van der Waals surface area contributed by atoms with Gasteiger partial charge in [0.1, 0.15) is 0 Å². The van der Waals surface area contributed by atoms with Gasteiger partial charge >= 0.3 is 0 Å². The van der Waals surface area contributed by atoms with Gasteiger partial charge in [0, 0.05) is 0 Å². The standard InChI is InChI=1S/NO3.4H2O/c2-1(3)4;;;;/h;4*1H2/q-1;;;;. The molecule has 0 radical (unpaired) electrons. The molecule has 0 bridgehead atoms. The summed E-state index contributed by atoms with van der Waals surface area (Å²) in [5.41, 5.74) is 0. The molecule has 0 fully saturated rings. The van der Waals surface area contributed by atoms with E-state index in [-0.39, 0.29) is 21.9 Å². The van der Waals surface area contributed by atoms with Gasteiger partial charge in [0.2, 0.25) is 0 Å². The molecule has 0 rings (SSSR count). The molecule has 0 aromatic heterocycles. The molecule has 0 aromatic rings. The molecular formula is H8NO7-. The minimum absolute atomic E-state index is 0. The van der Waals surface area contributed by atoms with Crippen LogP contribution in [0.2, 0.25) is 0 Å². The number of rotatable bonds is 0. The van der Waals surface area contributed by atoms with Gasteiger partial charge in [-0.2, -0.15) is 0 Å². The molecule has 0 unspecified atom stereocenters. The maximum Gasteiger partial charge on any atom is 0.0689 e. The van der Waals surface area contributed by atoms with Crippen LogP contribution in [0.15, 0.2) is 0 Å². The Morgan fingerprint density at radius 1 is 0.875 bits per heavy atom. The molecule has 0 aliphatic carbocycles. The van der Waals surface area contributed by atoms with E-state index in [9.17, 15) is 0 Å². The van der Waals surface area contributed by atoms with Crippen molar-refractivity contribution >= 4 is 0 Å². The SMILES string of the molecule is O.O.O.O.O=[N+]([O-])[O-]. The largest absolute Gasteiger partial charge is 0.412 e. The summed E-state index contributed by atoms with van der Waals surface area (Å²) in [4.78, 5) is 8.25. The molecule has 0 saturated carbocycles.